The van der Waals surface area contributed by atoms with Crippen LogP contribution >= 0.6 is 34.2 Å². The van der Waals surface area contributed by atoms with Crippen LogP contribution in [-0.2, 0) is 13.1 Å². The second kappa shape index (κ2) is 5.83. The molecule has 0 amide bonds. The van der Waals surface area contributed by atoms with Gasteiger partial charge in [-0.3, -0.25) is 9.36 Å². The number of aryl methyl sites for hydroxylation is 1. The molecular formula is C11H12ClIN4O. The van der Waals surface area contributed by atoms with Crippen LogP contribution in [0.5, 0.6) is 0 Å². The monoisotopic (exact) mass is 378 g/mol. The third kappa shape index (κ3) is 2.74. The predicted octanol–water partition coefficient (Wildman–Crippen LogP) is 2.16. The van der Waals surface area contributed by atoms with E-state index in [1.54, 1.807) is 12.5 Å². The molecule has 0 aliphatic rings. The van der Waals surface area contributed by atoms with Crippen LogP contribution in [0.2, 0.25) is 5.15 Å². The number of rotatable bonds is 4. The first-order valence-corrected chi connectivity index (χ1v) is 6.98. The van der Waals surface area contributed by atoms with Crippen LogP contribution in [0.25, 0.3) is 0 Å². The van der Waals surface area contributed by atoms with Crippen molar-refractivity contribution in [3.05, 3.63) is 43.6 Å². The number of hydrogen-bond acceptors (Lipinski definition) is 3. The molecule has 2 heterocycles. The number of imidazole rings is 1. The van der Waals surface area contributed by atoms with Gasteiger partial charge < -0.3 is 4.57 Å². The van der Waals surface area contributed by atoms with Crippen molar-refractivity contribution in [1.82, 2.24) is 19.1 Å². The maximum atomic E-state index is 12.0. The van der Waals surface area contributed by atoms with Crippen molar-refractivity contribution in [2.45, 2.75) is 26.4 Å². The minimum Gasteiger partial charge on any atom is -0.333 e. The summed E-state index contributed by atoms with van der Waals surface area (Å²) in [6, 6.07) is 0. The summed E-state index contributed by atoms with van der Waals surface area (Å²) in [4.78, 5) is 20.1. The molecule has 0 fully saturated rings. The van der Waals surface area contributed by atoms with Crippen molar-refractivity contribution in [3.8, 4) is 0 Å². The Bertz CT molecular complexity index is 607. The molecule has 0 saturated carbocycles. The Kier molecular flexibility index (Phi) is 4.39. The lowest BCUT2D eigenvalue weighted by Gasteiger charge is -2.09. The zero-order valence-corrected chi connectivity index (χ0v) is 12.7. The van der Waals surface area contributed by atoms with Gasteiger partial charge in [0.1, 0.15) is 8.72 Å². The highest BCUT2D eigenvalue weighted by molar-refractivity contribution is 14.1. The van der Waals surface area contributed by atoms with Crippen molar-refractivity contribution in [1.29, 1.82) is 0 Å². The lowest BCUT2D eigenvalue weighted by atomic mass is 10.4. The van der Waals surface area contributed by atoms with Gasteiger partial charge in [-0.15, -0.1) is 0 Å². The van der Waals surface area contributed by atoms with E-state index in [-0.39, 0.29) is 10.7 Å². The summed E-state index contributed by atoms with van der Waals surface area (Å²) in [5.74, 6) is 0. The van der Waals surface area contributed by atoms with E-state index < -0.39 is 0 Å². The SMILES string of the molecule is CCCn1cncc1Cn1cnc(Cl)c(I)c1=O. The van der Waals surface area contributed by atoms with E-state index in [1.807, 2.05) is 27.2 Å². The quantitative estimate of drug-likeness (QED) is 0.605. The summed E-state index contributed by atoms with van der Waals surface area (Å²) in [5, 5.41) is 0.249. The van der Waals surface area contributed by atoms with E-state index >= 15 is 0 Å². The van der Waals surface area contributed by atoms with Gasteiger partial charge in [-0.05, 0) is 29.0 Å². The van der Waals surface area contributed by atoms with Gasteiger partial charge in [-0.2, -0.15) is 0 Å². The first-order chi connectivity index (χ1) is 8.63. The molecule has 0 atom stereocenters. The molecule has 0 bridgehead atoms. The summed E-state index contributed by atoms with van der Waals surface area (Å²) < 4.78 is 4.02. The first-order valence-electron chi connectivity index (χ1n) is 5.53. The molecule has 2 rings (SSSR count). The van der Waals surface area contributed by atoms with Crippen molar-refractivity contribution < 1.29 is 0 Å². The molecule has 0 aliphatic heterocycles. The fourth-order valence-electron chi connectivity index (χ4n) is 1.65. The second-order valence-electron chi connectivity index (χ2n) is 3.86. The Hall–Kier alpha value is -0.890. The molecule has 0 spiro atoms. The number of nitrogens with zero attached hydrogens (tertiary/aromatic N) is 4. The highest BCUT2D eigenvalue weighted by Crippen LogP contribution is 2.10. The van der Waals surface area contributed by atoms with Gasteiger partial charge in [0.25, 0.3) is 5.56 Å². The molecule has 7 heteroatoms. The molecule has 18 heavy (non-hydrogen) atoms. The average molecular weight is 379 g/mol. The number of aromatic nitrogens is 4. The fourth-order valence-corrected chi connectivity index (χ4v) is 2.23. The van der Waals surface area contributed by atoms with Crippen molar-refractivity contribution in [3.63, 3.8) is 0 Å². The van der Waals surface area contributed by atoms with Gasteiger partial charge in [0.15, 0.2) is 0 Å². The van der Waals surface area contributed by atoms with Crippen LogP contribution in [-0.4, -0.2) is 19.1 Å². The molecule has 0 aromatic carbocycles. The van der Waals surface area contributed by atoms with Gasteiger partial charge in [-0.1, -0.05) is 18.5 Å². The Balaban J connectivity index is 2.32. The molecule has 2 aromatic heterocycles. The smallest absolute Gasteiger partial charge is 0.268 e. The highest BCUT2D eigenvalue weighted by Gasteiger charge is 2.09. The van der Waals surface area contributed by atoms with Crippen LogP contribution in [0.4, 0.5) is 0 Å². The van der Waals surface area contributed by atoms with Crippen LogP contribution in [0.15, 0.2) is 23.6 Å². The minimum atomic E-state index is -0.125. The fraction of sp³-hybridized carbons (Fsp3) is 0.364. The van der Waals surface area contributed by atoms with Crippen molar-refractivity contribution in [2.24, 2.45) is 0 Å². The maximum Gasteiger partial charge on any atom is 0.268 e. The van der Waals surface area contributed by atoms with E-state index in [1.165, 1.54) is 10.9 Å². The molecule has 0 aliphatic carbocycles. The van der Waals surface area contributed by atoms with Gasteiger partial charge in [0.2, 0.25) is 0 Å². The summed E-state index contributed by atoms with van der Waals surface area (Å²) in [6.45, 7) is 3.45. The van der Waals surface area contributed by atoms with E-state index in [4.69, 9.17) is 11.6 Å². The lowest BCUT2D eigenvalue weighted by Crippen LogP contribution is -2.24. The van der Waals surface area contributed by atoms with Gasteiger partial charge >= 0.3 is 0 Å². The second-order valence-corrected chi connectivity index (χ2v) is 5.30. The van der Waals surface area contributed by atoms with E-state index in [9.17, 15) is 4.79 Å². The van der Waals surface area contributed by atoms with Crippen LogP contribution in [0, 0.1) is 3.57 Å². The topological polar surface area (TPSA) is 52.7 Å². The van der Waals surface area contributed by atoms with Crippen LogP contribution in [0.3, 0.4) is 0 Å². The third-order valence-corrected chi connectivity index (χ3v) is 4.11. The normalized spacial score (nSPS) is 10.8. The zero-order chi connectivity index (χ0) is 13.1. The van der Waals surface area contributed by atoms with E-state index in [0.717, 1.165) is 18.7 Å². The first kappa shape index (κ1) is 13.5. The summed E-state index contributed by atoms with van der Waals surface area (Å²) >= 11 is 7.71. The van der Waals surface area contributed by atoms with Crippen molar-refractivity contribution >= 4 is 34.2 Å². The molecular weight excluding hydrogens is 367 g/mol. The van der Waals surface area contributed by atoms with Crippen LogP contribution in [0.1, 0.15) is 19.0 Å². The number of hydrogen-bond donors (Lipinski definition) is 0. The molecule has 2 aromatic rings. The Morgan fingerprint density at radius 3 is 2.89 bits per heavy atom. The largest absolute Gasteiger partial charge is 0.333 e. The predicted molar refractivity (Wildman–Crippen MR) is 77.8 cm³/mol. The molecule has 0 N–H and O–H groups in total. The van der Waals surface area contributed by atoms with Gasteiger partial charge in [0.05, 0.1) is 24.9 Å². The molecule has 0 saturated heterocycles. The minimum absolute atomic E-state index is 0.125. The van der Waals surface area contributed by atoms with Gasteiger partial charge in [-0.25, -0.2) is 9.97 Å². The average Bonchev–Trinajstić information content (AvgIpc) is 2.78. The van der Waals surface area contributed by atoms with Crippen LogP contribution < -0.4 is 5.56 Å². The van der Waals surface area contributed by atoms with Crippen molar-refractivity contribution in [2.75, 3.05) is 0 Å². The molecule has 96 valence electrons. The van der Waals surface area contributed by atoms with E-state index in [2.05, 4.69) is 16.9 Å². The summed E-state index contributed by atoms with van der Waals surface area (Å²) in [6.07, 6.45) is 6.03. The maximum absolute atomic E-state index is 12.0. The lowest BCUT2D eigenvalue weighted by molar-refractivity contribution is 0.611. The third-order valence-electron chi connectivity index (χ3n) is 2.54. The molecule has 0 radical (unpaired) electrons. The highest BCUT2D eigenvalue weighted by atomic mass is 127. The standard InChI is InChI=1S/C11H12ClIN4O/c1-2-3-16-6-14-4-8(16)5-17-7-15-10(12)9(13)11(17)18/h4,6-7H,2-3,5H2,1H3. The van der Waals surface area contributed by atoms with Gasteiger partial charge in [0, 0.05) is 12.7 Å². The Morgan fingerprint density at radius 1 is 1.39 bits per heavy atom. The number of halogens is 2. The molecule has 5 nitrogen and oxygen atoms in total. The molecule has 0 unspecified atom stereocenters. The summed E-state index contributed by atoms with van der Waals surface area (Å²) in [5.41, 5.74) is 0.860. The zero-order valence-electron chi connectivity index (χ0n) is 9.81. The summed E-state index contributed by atoms with van der Waals surface area (Å²) in [7, 11) is 0. The van der Waals surface area contributed by atoms with E-state index in [0.29, 0.717) is 10.1 Å². The Morgan fingerprint density at radius 2 is 2.17 bits per heavy atom. The Labute approximate surface area is 123 Å².